The number of hydrogen-bond acceptors (Lipinski definition) is 4. The van der Waals surface area contributed by atoms with Crippen molar-refractivity contribution in [3.8, 4) is 0 Å². The Morgan fingerprint density at radius 3 is 2.67 bits per heavy atom. The molecule has 27 heavy (non-hydrogen) atoms. The molecule has 2 amide bonds. The van der Waals surface area contributed by atoms with Crippen LogP contribution in [-0.4, -0.2) is 62.0 Å². The van der Waals surface area contributed by atoms with Crippen molar-refractivity contribution >= 4 is 11.8 Å². The lowest BCUT2D eigenvalue weighted by atomic mass is 10.0. The molecule has 1 heterocycles. The fourth-order valence-electron chi connectivity index (χ4n) is 3.50. The van der Waals surface area contributed by atoms with Gasteiger partial charge in [0.1, 0.15) is 6.04 Å². The van der Waals surface area contributed by atoms with Gasteiger partial charge in [-0.1, -0.05) is 37.3 Å². The number of likely N-dealkylation sites (N-methyl/N-ethyl adjacent to an activating group) is 1. The monoisotopic (exact) mass is 374 g/mol. The van der Waals surface area contributed by atoms with Crippen LogP contribution in [0.2, 0.25) is 0 Å². The van der Waals surface area contributed by atoms with Gasteiger partial charge in [0.05, 0.1) is 6.04 Å². The average Bonchev–Trinajstić information content (AvgIpc) is 3.06. The molecule has 1 aliphatic rings. The number of nitrogens with zero attached hydrogens (tertiary/aromatic N) is 1. The summed E-state index contributed by atoms with van der Waals surface area (Å²) in [6.07, 6.45) is 4.18. The number of carbonyl (C=O) groups excluding carboxylic acids is 2. The Labute approximate surface area is 163 Å². The Morgan fingerprint density at radius 2 is 2.00 bits per heavy atom. The van der Waals surface area contributed by atoms with Crippen LogP contribution in [0.25, 0.3) is 0 Å². The third-order valence-electron chi connectivity index (χ3n) is 5.07. The maximum Gasteiger partial charge on any atom is 0.242 e. The van der Waals surface area contributed by atoms with Crippen LogP contribution in [0.4, 0.5) is 0 Å². The van der Waals surface area contributed by atoms with Crippen molar-refractivity contribution < 1.29 is 9.59 Å². The van der Waals surface area contributed by atoms with E-state index in [9.17, 15) is 9.59 Å². The normalized spacial score (nSPS) is 17.9. The maximum absolute atomic E-state index is 12.8. The first-order valence-electron chi connectivity index (χ1n) is 10.2. The zero-order valence-electron chi connectivity index (χ0n) is 16.7. The molecule has 6 nitrogen and oxygen atoms in total. The summed E-state index contributed by atoms with van der Waals surface area (Å²) in [5.74, 6) is 0.00171. The highest BCUT2D eigenvalue weighted by molar-refractivity contribution is 5.91. The molecule has 0 radical (unpaired) electrons. The van der Waals surface area contributed by atoms with Crippen molar-refractivity contribution in [3.05, 3.63) is 35.9 Å². The average molecular weight is 375 g/mol. The van der Waals surface area contributed by atoms with E-state index in [4.69, 9.17) is 0 Å². The lowest BCUT2D eigenvalue weighted by molar-refractivity contribution is -0.138. The van der Waals surface area contributed by atoms with Gasteiger partial charge in [-0.15, -0.1) is 0 Å². The van der Waals surface area contributed by atoms with Gasteiger partial charge in [-0.2, -0.15) is 0 Å². The van der Waals surface area contributed by atoms with E-state index in [1.165, 1.54) is 5.56 Å². The van der Waals surface area contributed by atoms with Crippen molar-refractivity contribution in [3.63, 3.8) is 0 Å². The van der Waals surface area contributed by atoms with E-state index >= 15 is 0 Å². The fraction of sp³-hybridized carbons (Fsp3) is 0.619. The first-order valence-corrected chi connectivity index (χ1v) is 10.2. The lowest BCUT2D eigenvalue weighted by Crippen LogP contribution is -2.50. The highest BCUT2D eigenvalue weighted by Crippen LogP contribution is 2.18. The molecule has 2 rings (SSSR count). The zero-order chi connectivity index (χ0) is 19.5. The number of carbonyl (C=O) groups is 2. The lowest BCUT2D eigenvalue weighted by Gasteiger charge is -2.27. The molecular formula is C21H34N4O2. The van der Waals surface area contributed by atoms with E-state index in [0.717, 1.165) is 38.8 Å². The summed E-state index contributed by atoms with van der Waals surface area (Å²) in [5.41, 5.74) is 1.19. The van der Waals surface area contributed by atoms with E-state index in [-0.39, 0.29) is 17.9 Å². The highest BCUT2D eigenvalue weighted by Gasteiger charge is 2.37. The van der Waals surface area contributed by atoms with Crippen LogP contribution in [0.1, 0.15) is 38.2 Å². The Balaban J connectivity index is 1.92. The highest BCUT2D eigenvalue weighted by atomic mass is 16.2. The van der Waals surface area contributed by atoms with Crippen molar-refractivity contribution in [2.24, 2.45) is 0 Å². The second-order valence-corrected chi connectivity index (χ2v) is 7.10. The molecule has 2 atom stereocenters. The summed E-state index contributed by atoms with van der Waals surface area (Å²) >= 11 is 0. The van der Waals surface area contributed by atoms with Gasteiger partial charge in [0.2, 0.25) is 11.8 Å². The number of likely N-dealkylation sites (tertiary alicyclic amines) is 1. The minimum Gasteiger partial charge on any atom is -0.354 e. The van der Waals surface area contributed by atoms with Crippen molar-refractivity contribution in [1.29, 1.82) is 0 Å². The summed E-state index contributed by atoms with van der Waals surface area (Å²) in [5, 5.41) is 9.42. The molecule has 2 unspecified atom stereocenters. The Kier molecular flexibility index (Phi) is 9.28. The van der Waals surface area contributed by atoms with Gasteiger partial charge in [-0.05, 0) is 57.8 Å². The van der Waals surface area contributed by atoms with E-state index in [1.54, 1.807) is 11.9 Å². The van der Waals surface area contributed by atoms with Gasteiger partial charge < -0.3 is 20.9 Å². The molecule has 0 aromatic heterocycles. The van der Waals surface area contributed by atoms with Gasteiger partial charge in [-0.25, -0.2) is 0 Å². The minimum atomic E-state index is -0.403. The number of aryl methyl sites for hydroxylation is 1. The molecule has 150 valence electrons. The Bertz CT molecular complexity index is 579. The van der Waals surface area contributed by atoms with Gasteiger partial charge in [0.25, 0.3) is 0 Å². The molecule has 0 aliphatic carbocycles. The smallest absolute Gasteiger partial charge is 0.242 e. The number of rotatable bonds is 12. The molecule has 1 aromatic rings. The minimum absolute atomic E-state index is 0.0356. The van der Waals surface area contributed by atoms with Gasteiger partial charge in [0, 0.05) is 13.1 Å². The molecule has 1 aliphatic heterocycles. The quantitative estimate of drug-likeness (QED) is 0.483. The van der Waals surface area contributed by atoms with E-state index < -0.39 is 6.04 Å². The predicted octanol–water partition coefficient (Wildman–Crippen LogP) is 1.31. The largest absolute Gasteiger partial charge is 0.354 e. The molecule has 0 spiro atoms. The van der Waals surface area contributed by atoms with Gasteiger partial charge >= 0.3 is 0 Å². The fourth-order valence-corrected chi connectivity index (χ4v) is 3.50. The second-order valence-electron chi connectivity index (χ2n) is 7.10. The third kappa shape index (κ3) is 6.63. The molecule has 1 fully saturated rings. The van der Waals surface area contributed by atoms with Crippen molar-refractivity contribution in [2.45, 2.75) is 51.1 Å². The first-order chi connectivity index (χ1) is 13.2. The van der Waals surface area contributed by atoms with Crippen LogP contribution in [0.3, 0.4) is 0 Å². The predicted molar refractivity (Wildman–Crippen MR) is 109 cm³/mol. The summed E-state index contributed by atoms with van der Waals surface area (Å²) in [4.78, 5) is 27.2. The topological polar surface area (TPSA) is 73.5 Å². The molecular weight excluding hydrogens is 340 g/mol. The maximum atomic E-state index is 12.8. The van der Waals surface area contributed by atoms with Crippen LogP contribution in [0.15, 0.2) is 30.3 Å². The summed E-state index contributed by atoms with van der Waals surface area (Å²) in [6, 6.07) is 9.56. The molecule has 6 heteroatoms. The first kappa shape index (κ1) is 21.4. The van der Waals surface area contributed by atoms with Gasteiger partial charge in [-0.3, -0.25) is 9.59 Å². The molecule has 1 aromatic carbocycles. The second kappa shape index (κ2) is 11.7. The molecule has 3 N–H and O–H groups in total. The van der Waals surface area contributed by atoms with Crippen LogP contribution in [0, 0.1) is 0 Å². The molecule has 1 saturated heterocycles. The van der Waals surface area contributed by atoms with Crippen LogP contribution >= 0.6 is 0 Å². The molecule has 0 bridgehead atoms. The zero-order valence-corrected chi connectivity index (χ0v) is 16.7. The standard InChI is InChI=1S/C21H34N4O2/c1-3-13-23-14-7-15-24-20(26)19(11-10-17-8-5-4-6-9-17)25-16-12-18(22-2)21(25)27/h4-6,8-9,18-19,22-23H,3,7,10-16H2,1-2H3,(H,24,26). The van der Waals surface area contributed by atoms with Crippen LogP contribution in [-0.2, 0) is 16.0 Å². The number of amides is 2. The number of benzene rings is 1. The van der Waals surface area contributed by atoms with Gasteiger partial charge in [0.15, 0.2) is 0 Å². The van der Waals surface area contributed by atoms with Crippen molar-refractivity contribution in [1.82, 2.24) is 20.9 Å². The van der Waals surface area contributed by atoms with Crippen LogP contribution < -0.4 is 16.0 Å². The summed E-state index contributed by atoms with van der Waals surface area (Å²) < 4.78 is 0. The van der Waals surface area contributed by atoms with Crippen molar-refractivity contribution in [2.75, 3.05) is 33.2 Å². The number of hydrogen-bond donors (Lipinski definition) is 3. The summed E-state index contributed by atoms with van der Waals surface area (Å²) in [6.45, 7) is 5.30. The Morgan fingerprint density at radius 1 is 1.22 bits per heavy atom. The SMILES string of the molecule is CCCNCCCNC(=O)C(CCc1ccccc1)N1CCC(NC)C1=O. The third-order valence-corrected chi connectivity index (χ3v) is 5.07. The Hall–Kier alpha value is -1.92. The summed E-state index contributed by atoms with van der Waals surface area (Å²) in [7, 11) is 1.80. The van der Waals surface area contributed by atoms with Crippen LogP contribution in [0.5, 0.6) is 0 Å². The van der Waals surface area contributed by atoms with E-state index in [2.05, 4.69) is 35.0 Å². The molecule has 0 saturated carbocycles. The van der Waals surface area contributed by atoms with E-state index in [1.807, 2.05) is 18.2 Å². The number of nitrogens with one attached hydrogen (secondary N) is 3. The van der Waals surface area contributed by atoms with E-state index in [0.29, 0.717) is 19.5 Å².